The van der Waals surface area contributed by atoms with E-state index in [4.69, 9.17) is 15.2 Å². The number of fused-ring (bicyclic) bond motifs is 1. The molecule has 11 nitrogen and oxygen atoms in total. The van der Waals surface area contributed by atoms with Crippen LogP contribution in [0.4, 0.5) is 5.82 Å². The number of nitrogens with one attached hydrogen (secondary N) is 1. The highest BCUT2D eigenvalue weighted by molar-refractivity contribution is 5.85. The monoisotopic (exact) mass is 620 g/mol. The number of halogens is 1. The molecule has 0 atom stereocenters. The smallest absolute Gasteiger partial charge is 0.335 e. The van der Waals surface area contributed by atoms with Gasteiger partial charge in [-0.25, -0.2) is 14.8 Å². The maximum absolute atomic E-state index is 14.2. The van der Waals surface area contributed by atoms with Gasteiger partial charge in [-0.2, -0.15) is 0 Å². The molecule has 0 amide bonds. The summed E-state index contributed by atoms with van der Waals surface area (Å²) < 4.78 is 15.2. The van der Waals surface area contributed by atoms with Crippen molar-refractivity contribution in [2.75, 3.05) is 52.1 Å². The van der Waals surface area contributed by atoms with Gasteiger partial charge in [-0.05, 0) is 56.9 Å². The number of methoxy groups -OCH3 is 1. The molecule has 3 aliphatic rings. The number of piperidine rings is 2. The summed E-state index contributed by atoms with van der Waals surface area (Å²) in [7, 11) is 1.59. The van der Waals surface area contributed by atoms with Crippen molar-refractivity contribution in [2.24, 2.45) is 0 Å². The van der Waals surface area contributed by atoms with Crippen molar-refractivity contribution < 1.29 is 9.47 Å². The highest BCUT2D eigenvalue weighted by Crippen LogP contribution is 2.35. The molecule has 3 fully saturated rings. The molecule has 0 bridgehead atoms. The Kier molecular flexibility index (Phi) is 8.82. The standard InChI is InChI=1S/C32H40N8O3.ClH/c1-21-3-6-26(7-4-21)43-27-8-5-24(17-28(27)42-2)39-29-30(33)35-20-36-31(29)40(32(39)41)23-11-15-37(16-12-23)22-9-13-38(14-10-22)25-18-34-19-25;/h3-8,17,20,22-23,25,34H,9-16,18-19H2,1-2H3,(H2,33,35,36);1H. The number of aromatic nitrogens is 4. The van der Waals surface area contributed by atoms with Crippen molar-refractivity contribution in [3.8, 4) is 22.9 Å². The summed E-state index contributed by atoms with van der Waals surface area (Å²) in [5, 5.41) is 3.39. The van der Waals surface area contributed by atoms with Crippen LogP contribution in [0.15, 0.2) is 53.6 Å². The lowest BCUT2D eigenvalue weighted by Crippen LogP contribution is -2.60. The van der Waals surface area contributed by atoms with E-state index in [1.54, 1.807) is 17.7 Å². The summed E-state index contributed by atoms with van der Waals surface area (Å²) in [4.78, 5) is 28.3. The Balaban J connectivity index is 0.00000343. The van der Waals surface area contributed by atoms with E-state index in [1.165, 1.54) is 32.3 Å². The van der Waals surface area contributed by atoms with E-state index in [0.717, 1.165) is 50.6 Å². The van der Waals surface area contributed by atoms with Gasteiger partial charge in [0.05, 0.1) is 12.8 Å². The molecule has 3 saturated heterocycles. The van der Waals surface area contributed by atoms with Gasteiger partial charge in [-0.3, -0.25) is 14.0 Å². The highest BCUT2D eigenvalue weighted by atomic mass is 35.5. The number of hydrogen-bond donors (Lipinski definition) is 2. The minimum Gasteiger partial charge on any atom is -0.493 e. The zero-order valence-corrected chi connectivity index (χ0v) is 26.1. The van der Waals surface area contributed by atoms with E-state index in [1.807, 2.05) is 47.9 Å². The summed E-state index contributed by atoms with van der Waals surface area (Å²) in [6.07, 6.45) is 5.66. The number of hydrogen-bond acceptors (Lipinski definition) is 9. The van der Waals surface area contributed by atoms with Crippen LogP contribution < -0.4 is 26.2 Å². The lowest BCUT2D eigenvalue weighted by atomic mass is 9.96. The van der Waals surface area contributed by atoms with Gasteiger partial charge in [0.2, 0.25) is 0 Å². The van der Waals surface area contributed by atoms with Gasteiger partial charge in [0.1, 0.15) is 17.6 Å². The first-order valence-electron chi connectivity index (χ1n) is 15.4. The Morgan fingerprint density at radius 2 is 1.52 bits per heavy atom. The minimum absolute atomic E-state index is 0. The second kappa shape index (κ2) is 12.8. The molecule has 0 radical (unpaired) electrons. The molecule has 7 rings (SSSR count). The van der Waals surface area contributed by atoms with Crippen LogP contribution in [0.2, 0.25) is 0 Å². The van der Waals surface area contributed by atoms with E-state index < -0.39 is 0 Å². The van der Waals surface area contributed by atoms with Gasteiger partial charge in [0.25, 0.3) is 0 Å². The van der Waals surface area contributed by atoms with Crippen LogP contribution in [0.5, 0.6) is 17.2 Å². The van der Waals surface area contributed by atoms with Crippen molar-refractivity contribution in [3.63, 3.8) is 0 Å². The lowest BCUT2D eigenvalue weighted by molar-refractivity contribution is 0.0502. The van der Waals surface area contributed by atoms with E-state index in [-0.39, 0.29) is 30.0 Å². The number of nitrogens with zero attached hydrogens (tertiary/aromatic N) is 6. The molecule has 0 aliphatic carbocycles. The molecule has 12 heteroatoms. The fourth-order valence-electron chi connectivity index (χ4n) is 6.91. The van der Waals surface area contributed by atoms with Gasteiger partial charge in [0, 0.05) is 63.5 Å². The van der Waals surface area contributed by atoms with Gasteiger partial charge in [-0.15, -0.1) is 12.4 Å². The highest BCUT2D eigenvalue weighted by Gasteiger charge is 2.34. The number of nitrogen functional groups attached to an aromatic ring is 1. The molecule has 2 aromatic heterocycles. The molecule has 0 spiro atoms. The maximum atomic E-state index is 14.2. The SMILES string of the molecule is COc1cc(-n2c(=O)n(C3CCN(C4CCN(C5CNC5)CC4)CC3)c3ncnc(N)c32)ccc1Oc1ccc(C)cc1.Cl. The van der Waals surface area contributed by atoms with E-state index in [2.05, 4.69) is 25.1 Å². The fourth-order valence-corrected chi connectivity index (χ4v) is 6.91. The largest absolute Gasteiger partial charge is 0.493 e. The number of benzene rings is 2. The van der Waals surface area contributed by atoms with E-state index >= 15 is 0 Å². The number of nitrogens with two attached hydrogens (primary N) is 1. The van der Waals surface area contributed by atoms with Crippen LogP contribution in [0.1, 0.15) is 37.3 Å². The van der Waals surface area contributed by atoms with Gasteiger partial charge >= 0.3 is 5.69 Å². The van der Waals surface area contributed by atoms with Crippen LogP contribution in [-0.4, -0.2) is 87.4 Å². The average Bonchev–Trinajstić information content (AvgIpc) is 3.31. The second-order valence-corrected chi connectivity index (χ2v) is 12.0. The molecule has 3 N–H and O–H groups in total. The van der Waals surface area contributed by atoms with Gasteiger partial charge in [0.15, 0.2) is 23.0 Å². The minimum atomic E-state index is -0.169. The van der Waals surface area contributed by atoms with Gasteiger partial charge in [-0.1, -0.05) is 17.7 Å². The molecule has 4 aromatic rings. The lowest BCUT2D eigenvalue weighted by Gasteiger charge is -2.46. The van der Waals surface area contributed by atoms with Crippen molar-refractivity contribution in [3.05, 3.63) is 64.8 Å². The first kappa shape index (κ1) is 30.4. The predicted molar refractivity (Wildman–Crippen MR) is 174 cm³/mol. The molecular weight excluding hydrogens is 580 g/mol. The van der Waals surface area contributed by atoms with Crippen LogP contribution in [0, 0.1) is 6.92 Å². The molecule has 234 valence electrons. The summed E-state index contributed by atoms with van der Waals surface area (Å²) in [5.41, 5.74) is 9.08. The molecule has 2 aromatic carbocycles. The molecule has 5 heterocycles. The fraction of sp³-hybridized carbons (Fsp3) is 0.469. The quantitative estimate of drug-likeness (QED) is 0.319. The average molecular weight is 621 g/mol. The van der Waals surface area contributed by atoms with Crippen molar-refractivity contribution in [1.29, 1.82) is 0 Å². The number of anilines is 1. The van der Waals surface area contributed by atoms with Crippen molar-refractivity contribution in [1.82, 2.24) is 34.2 Å². The summed E-state index contributed by atoms with van der Waals surface area (Å²) in [6.45, 7) is 8.59. The Morgan fingerprint density at radius 1 is 0.864 bits per heavy atom. The van der Waals surface area contributed by atoms with Crippen molar-refractivity contribution in [2.45, 2.75) is 50.7 Å². The number of imidazole rings is 1. The van der Waals surface area contributed by atoms with Crippen LogP contribution >= 0.6 is 12.4 Å². The Bertz CT molecular complexity index is 1650. The molecule has 0 saturated carbocycles. The summed E-state index contributed by atoms with van der Waals surface area (Å²) in [6, 6.07) is 14.7. The Labute approximate surface area is 263 Å². The third-order valence-corrected chi connectivity index (χ3v) is 9.49. The van der Waals surface area contributed by atoms with Gasteiger partial charge < -0.3 is 25.4 Å². The first-order valence-corrected chi connectivity index (χ1v) is 15.4. The Morgan fingerprint density at radius 3 is 2.16 bits per heavy atom. The third-order valence-electron chi connectivity index (χ3n) is 9.49. The number of ether oxygens (including phenoxy) is 2. The normalized spacial score (nSPS) is 19.0. The molecule has 44 heavy (non-hydrogen) atoms. The van der Waals surface area contributed by atoms with Crippen molar-refractivity contribution >= 4 is 29.4 Å². The molecule has 0 unspecified atom stereocenters. The Hall–Kier alpha value is -3.64. The topological polar surface area (TPSA) is 116 Å². The number of aryl methyl sites for hydroxylation is 1. The zero-order valence-electron chi connectivity index (χ0n) is 25.3. The third kappa shape index (κ3) is 5.65. The summed E-state index contributed by atoms with van der Waals surface area (Å²) in [5.74, 6) is 2.04. The number of rotatable bonds is 7. The van der Waals surface area contributed by atoms with Crippen LogP contribution in [-0.2, 0) is 0 Å². The first-order chi connectivity index (χ1) is 21.0. The summed E-state index contributed by atoms with van der Waals surface area (Å²) >= 11 is 0. The van der Waals surface area contributed by atoms with E-state index in [0.29, 0.717) is 40.1 Å². The molecule has 3 aliphatic heterocycles. The molecular formula is C32H41ClN8O3. The van der Waals surface area contributed by atoms with Crippen LogP contribution in [0.3, 0.4) is 0 Å². The maximum Gasteiger partial charge on any atom is 0.335 e. The second-order valence-electron chi connectivity index (χ2n) is 12.0. The number of likely N-dealkylation sites (tertiary alicyclic amines) is 2. The predicted octanol–water partition coefficient (Wildman–Crippen LogP) is 3.77. The van der Waals surface area contributed by atoms with Crippen LogP contribution in [0.25, 0.3) is 16.9 Å². The van der Waals surface area contributed by atoms with E-state index in [9.17, 15) is 4.79 Å². The zero-order chi connectivity index (χ0) is 29.5.